The van der Waals surface area contributed by atoms with Crippen molar-refractivity contribution in [2.75, 3.05) is 37.4 Å². The van der Waals surface area contributed by atoms with Gasteiger partial charge in [0.25, 0.3) is 0 Å². The summed E-state index contributed by atoms with van der Waals surface area (Å²) >= 11 is 0. The first-order valence-corrected chi connectivity index (χ1v) is 5.53. The Morgan fingerprint density at radius 3 is 2.94 bits per heavy atom. The van der Waals surface area contributed by atoms with E-state index >= 15 is 0 Å². The van der Waals surface area contributed by atoms with E-state index in [4.69, 9.17) is 15.6 Å². The molecule has 0 aliphatic carbocycles. The fourth-order valence-electron chi connectivity index (χ4n) is 2.12. The van der Waals surface area contributed by atoms with Gasteiger partial charge in [0.1, 0.15) is 5.75 Å². The van der Waals surface area contributed by atoms with E-state index in [9.17, 15) is 0 Å². The molecule has 0 aromatic heterocycles. The van der Waals surface area contributed by atoms with Gasteiger partial charge in [-0.15, -0.1) is 0 Å². The molecule has 1 fully saturated rings. The van der Waals surface area contributed by atoms with E-state index in [1.165, 1.54) is 0 Å². The lowest BCUT2D eigenvalue weighted by molar-refractivity contribution is 0.238. The smallest absolute Gasteiger partial charge is 0.122 e. The van der Waals surface area contributed by atoms with Crippen molar-refractivity contribution >= 4 is 11.4 Å². The van der Waals surface area contributed by atoms with Crippen LogP contribution in [0.4, 0.5) is 11.4 Å². The Morgan fingerprint density at radius 2 is 2.31 bits per heavy atom. The summed E-state index contributed by atoms with van der Waals surface area (Å²) in [5.74, 6) is 1.16. The van der Waals surface area contributed by atoms with E-state index in [-0.39, 0.29) is 6.61 Å². The number of rotatable bonds is 3. The highest BCUT2D eigenvalue weighted by Gasteiger charge is 2.22. The zero-order valence-electron chi connectivity index (χ0n) is 9.52. The number of ether oxygens (including phenoxy) is 1. The third-order valence-corrected chi connectivity index (χ3v) is 3.06. The normalized spacial score (nSPS) is 20.1. The fourth-order valence-corrected chi connectivity index (χ4v) is 2.12. The van der Waals surface area contributed by atoms with Gasteiger partial charge in [-0.1, -0.05) is 0 Å². The van der Waals surface area contributed by atoms with Crippen LogP contribution in [0, 0.1) is 5.92 Å². The highest BCUT2D eigenvalue weighted by Crippen LogP contribution is 2.29. The lowest BCUT2D eigenvalue weighted by atomic mass is 10.1. The predicted octanol–water partition coefficient (Wildman–Crippen LogP) is 1.10. The lowest BCUT2D eigenvalue weighted by Crippen LogP contribution is -2.20. The van der Waals surface area contributed by atoms with Crippen LogP contribution in [0.3, 0.4) is 0 Å². The minimum Gasteiger partial charge on any atom is -0.497 e. The van der Waals surface area contributed by atoms with Crippen molar-refractivity contribution in [1.29, 1.82) is 0 Å². The second-order valence-corrected chi connectivity index (χ2v) is 4.25. The molecular weight excluding hydrogens is 204 g/mol. The van der Waals surface area contributed by atoms with Crippen molar-refractivity contribution in [2.24, 2.45) is 5.92 Å². The molecule has 0 amide bonds. The molecule has 1 heterocycles. The molecule has 16 heavy (non-hydrogen) atoms. The van der Waals surface area contributed by atoms with Crippen molar-refractivity contribution in [3.05, 3.63) is 18.2 Å². The minimum absolute atomic E-state index is 0.260. The molecule has 88 valence electrons. The SMILES string of the molecule is COc1cc(N)cc(N2CCC(CO)C2)c1. The lowest BCUT2D eigenvalue weighted by Gasteiger charge is -2.19. The summed E-state index contributed by atoms with van der Waals surface area (Å²) in [5, 5.41) is 9.11. The number of nitrogens with zero attached hydrogens (tertiary/aromatic N) is 1. The Bertz CT molecular complexity index is 368. The molecule has 1 aromatic rings. The molecule has 1 aliphatic rings. The van der Waals surface area contributed by atoms with Crippen molar-refractivity contribution in [2.45, 2.75) is 6.42 Å². The number of hydrogen-bond donors (Lipinski definition) is 2. The van der Waals surface area contributed by atoms with Crippen LogP contribution in [0.2, 0.25) is 0 Å². The first kappa shape index (κ1) is 11.1. The molecule has 0 bridgehead atoms. The van der Waals surface area contributed by atoms with Gasteiger partial charge in [0, 0.05) is 49.1 Å². The molecule has 0 radical (unpaired) electrons. The highest BCUT2D eigenvalue weighted by atomic mass is 16.5. The minimum atomic E-state index is 0.260. The number of nitrogen functional groups attached to an aromatic ring is 1. The van der Waals surface area contributed by atoms with E-state index in [0.717, 1.165) is 30.9 Å². The Labute approximate surface area is 95.6 Å². The van der Waals surface area contributed by atoms with Gasteiger partial charge < -0.3 is 20.5 Å². The molecule has 0 spiro atoms. The van der Waals surface area contributed by atoms with E-state index in [1.54, 1.807) is 7.11 Å². The second-order valence-electron chi connectivity index (χ2n) is 4.25. The summed E-state index contributed by atoms with van der Waals surface area (Å²) in [6.07, 6.45) is 1.04. The second kappa shape index (κ2) is 4.61. The third kappa shape index (κ3) is 2.22. The van der Waals surface area contributed by atoms with Gasteiger partial charge in [-0.3, -0.25) is 0 Å². The molecule has 4 nitrogen and oxygen atoms in total. The van der Waals surface area contributed by atoms with Gasteiger partial charge in [0.2, 0.25) is 0 Å². The summed E-state index contributed by atoms with van der Waals surface area (Å²) in [4.78, 5) is 2.24. The van der Waals surface area contributed by atoms with Crippen molar-refractivity contribution in [3.63, 3.8) is 0 Å². The van der Waals surface area contributed by atoms with E-state index < -0.39 is 0 Å². The average Bonchev–Trinajstić information content (AvgIpc) is 2.76. The standard InChI is InChI=1S/C12H18N2O2/c1-16-12-5-10(13)4-11(6-12)14-3-2-9(7-14)8-15/h4-6,9,15H,2-3,7-8,13H2,1H3. The van der Waals surface area contributed by atoms with Gasteiger partial charge in [0.05, 0.1) is 7.11 Å². The fraction of sp³-hybridized carbons (Fsp3) is 0.500. The topological polar surface area (TPSA) is 58.7 Å². The Kier molecular flexibility index (Phi) is 3.19. The summed E-state index contributed by atoms with van der Waals surface area (Å²) in [7, 11) is 1.64. The molecule has 0 saturated carbocycles. The van der Waals surface area contributed by atoms with Gasteiger partial charge >= 0.3 is 0 Å². The van der Waals surface area contributed by atoms with Gasteiger partial charge in [-0.05, 0) is 12.5 Å². The zero-order chi connectivity index (χ0) is 11.5. The Balaban J connectivity index is 2.17. The number of benzene rings is 1. The molecule has 1 unspecified atom stereocenters. The number of methoxy groups -OCH3 is 1. The predicted molar refractivity (Wildman–Crippen MR) is 64.8 cm³/mol. The van der Waals surface area contributed by atoms with E-state index in [1.807, 2.05) is 18.2 Å². The monoisotopic (exact) mass is 222 g/mol. The molecule has 1 aliphatic heterocycles. The number of aliphatic hydroxyl groups excluding tert-OH is 1. The Morgan fingerprint density at radius 1 is 1.50 bits per heavy atom. The van der Waals surface area contributed by atoms with Gasteiger partial charge in [0.15, 0.2) is 0 Å². The molecule has 1 saturated heterocycles. The number of hydrogen-bond acceptors (Lipinski definition) is 4. The maximum atomic E-state index is 9.11. The largest absolute Gasteiger partial charge is 0.497 e. The first-order valence-electron chi connectivity index (χ1n) is 5.53. The number of aliphatic hydroxyl groups is 1. The quantitative estimate of drug-likeness (QED) is 0.752. The average molecular weight is 222 g/mol. The summed E-state index contributed by atoms with van der Waals surface area (Å²) < 4.78 is 5.19. The summed E-state index contributed by atoms with van der Waals surface area (Å²) in [6.45, 7) is 2.12. The van der Waals surface area contributed by atoms with Crippen molar-refractivity contribution < 1.29 is 9.84 Å². The molecule has 3 N–H and O–H groups in total. The van der Waals surface area contributed by atoms with Crippen LogP contribution in [0.1, 0.15) is 6.42 Å². The van der Waals surface area contributed by atoms with Crippen LogP contribution >= 0.6 is 0 Å². The summed E-state index contributed by atoms with van der Waals surface area (Å²) in [5.41, 5.74) is 7.60. The van der Waals surface area contributed by atoms with Crippen LogP contribution < -0.4 is 15.4 Å². The van der Waals surface area contributed by atoms with Crippen LogP contribution in [0.25, 0.3) is 0 Å². The molecule has 4 heteroatoms. The van der Waals surface area contributed by atoms with Crippen molar-refractivity contribution in [1.82, 2.24) is 0 Å². The number of nitrogens with two attached hydrogens (primary N) is 1. The van der Waals surface area contributed by atoms with Crippen LogP contribution in [-0.4, -0.2) is 31.9 Å². The zero-order valence-corrected chi connectivity index (χ0v) is 9.52. The maximum Gasteiger partial charge on any atom is 0.122 e. The van der Waals surface area contributed by atoms with Gasteiger partial charge in [-0.25, -0.2) is 0 Å². The van der Waals surface area contributed by atoms with E-state index in [0.29, 0.717) is 11.6 Å². The van der Waals surface area contributed by atoms with Crippen molar-refractivity contribution in [3.8, 4) is 5.75 Å². The molecule has 1 atom stereocenters. The molecule has 2 rings (SSSR count). The summed E-state index contributed by atoms with van der Waals surface area (Å²) in [6, 6.07) is 5.74. The maximum absolute atomic E-state index is 9.11. The third-order valence-electron chi connectivity index (χ3n) is 3.06. The Hall–Kier alpha value is -1.42. The van der Waals surface area contributed by atoms with Crippen LogP contribution in [0.15, 0.2) is 18.2 Å². The highest BCUT2D eigenvalue weighted by molar-refractivity contribution is 5.61. The van der Waals surface area contributed by atoms with Crippen LogP contribution in [0.5, 0.6) is 5.75 Å². The van der Waals surface area contributed by atoms with E-state index in [2.05, 4.69) is 4.90 Å². The molecular formula is C12H18N2O2. The van der Waals surface area contributed by atoms with Gasteiger partial charge in [-0.2, -0.15) is 0 Å². The van der Waals surface area contributed by atoms with Crippen LogP contribution in [-0.2, 0) is 0 Å². The first-order chi connectivity index (χ1) is 7.72. The number of anilines is 2. The molecule has 1 aromatic carbocycles.